The number of benzene rings is 4. The second-order valence-corrected chi connectivity index (χ2v) is 9.15. The molecule has 4 aromatic carbocycles. The molecule has 4 rings (SSSR count). The lowest BCUT2D eigenvalue weighted by molar-refractivity contribution is 0.620. The quantitative estimate of drug-likeness (QED) is 0.206. The molecule has 29 heavy (non-hydrogen) atoms. The van der Waals surface area contributed by atoms with Crippen LogP contribution in [0.5, 0.6) is 0 Å². The van der Waals surface area contributed by atoms with Crippen molar-refractivity contribution in [2.75, 3.05) is 0 Å². The molecule has 0 unspecified atom stereocenters. The molecular formula is C25H16F2I2. The Balaban J connectivity index is 1.49. The van der Waals surface area contributed by atoms with E-state index in [1.165, 1.54) is 23.3 Å². The third-order valence-electron chi connectivity index (χ3n) is 4.82. The van der Waals surface area contributed by atoms with E-state index in [1.807, 2.05) is 69.4 Å². The average Bonchev–Trinajstić information content (AvgIpc) is 2.73. The van der Waals surface area contributed by atoms with Crippen molar-refractivity contribution >= 4 is 45.2 Å². The summed E-state index contributed by atoms with van der Waals surface area (Å²) < 4.78 is 28.2. The molecule has 0 saturated carbocycles. The van der Waals surface area contributed by atoms with Crippen LogP contribution in [0.25, 0.3) is 22.3 Å². The Labute approximate surface area is 196 Å². The van der Waals surface area contributed by atoms with Crippen molar-refractivity contribution in [3.05, 3.63) is 115 Å². The van der Waals surface area contributed by atoms with Gasteiger partial charge >= 0.3 is 0 Å². The van der Waals surface area contributed by atoms with Gasteiger partial charge in [-0.25, -0.2) is 8.78 Å². The molecule has 0 aromatic heterocycles. The largest absolute Gasteiger partial charge is 0.206 e. The monoisotopic (exact) mass is 608 g/mol. The second-order valence-electron chi connectivity index (χ2n) is 6.83. The number of hydrogen-bond acceptors (Lipinski definition) is 0. The van der Waals surface area contributed by atoms with E-state index in [9.17, 15) is 8.78 Å². The van der Waals surface area contributed by atoms with Gasteiger partial charge < -0.3 is 0 Å². The first-order valence-corrected chi connectivity index (χ1v) is 11.2. The third kappa shape index (κ3) is 4.86. The lowest BCUT2D eigenvalue weighted by atomic mass is 9.98. The Kier molecular flexibility index (Phi) is 6.29. The molecule has 0 saturated heterocycles. The van der Waals surface area contributed by atoms with Gasteiger partial charge in [-0.3, -0.25) is 0 Å². The van der Waals surface area contributed by atoms with Crippen LogP contribution in [0.2, 0.25) is 0 Å². The average molecular weight is 608 g/mol. The van der Waals surface area contributed by atoms with Gasteiger partial charge in [0.1, 0.15) is 11.6 Å². The van der Waals surface area contributed by atoms with Crippen molar-refractivity contribution in [2.45, 2.75) is 6.42 Å². The van der Waals surface area contributed by atoms with Crippen molar-refractivity contribution in [3.63, 3.8) is 0 Å². The second kappa shape index (κ2) is 8.92. The summed E-state index contributed by atoms with van der Waals surface area (Å²) in [6.07, 6.45) is 0.836. The highest BCUT2D eigenvalue weighted by molar-refractivity contribution is 14.1. The van der Waals surface area contributed by atoms with Crippen LogP contribution in [0.1, 0.15) is 11.1 Å². The number of halogens is 4. The van der Waals surface area contributed by atoms with E-state index in [-0.39, 0.29) is 11.6 Å². The van der Waals surface area contributed by atoms with Crippen LogP contribution in [0.4, 0.5) is 8.78 Å². The normalized spacial score (nSPS) is 10.9. The Morgan fingerprint density at radius 1 is 0.483 bits per heavy atom. The van der Waals surface area contributed by atoms with Gasteiger partial charge in [-0.2, -0.15) is 0 Å². The summed E-state index contributed by atoms with van der Waals surface area (Å²) in [5.74, 6) is -0.380. The minimum absolute atomic E-state index is 0.190. The van der Waals surface area contributed by atoms with Crippen LogP contribution < -0.4 is 0 Å². The van der Waals surface area contributed by atoms with Crippen LogP contribution in [0.15, 0.2) is 84.9 Å². The maximum atomic E-state index is 13.5. The molecule has 0 nitrogen and oxygen atoms in total. The Bertz CT molecular complexity index is 1060. The maximum absolute atomic E-state index is 13.5. The van der Waals surface area contributed by atoms with E-state index in [4.69, 9.17) is 0 Å². The summed E-state index contributed by atoms with van der Waals surface area (Å²) in [7, 11) is 0. The van der Waals surface area contributed by atoms with Gasteiger partial charge in [0.15, 0.2) is 0 Å². The van der Waals surface area contributed by atoms with Gasteiger partial charge in [0, 0.05) is 7.14 Å². The summed E-state index contributed by atoms with van der Waals surface area (Å²) in [6.45, 7) is 0. The fourth-order valence-corrected chi connectivity index (χ4v) is 4.25. The highest BCUT2D eigenvalue weighted by Crippen LogP contribution is 2.26. The molecule has 0 aliphatic carbocycles. The highest BCUT2D eigenvalue weighted by Gasteiger charge is 2.05. The van der Waals surface area contributed by atoms with Crippen molar-refractivity contribution in [1.82, 2.24) is 0 Å². The van der Waals surface area contributed by atoms with E-state index < -0.39 is 0 Å². The number of hydrogen-bond donors (Lipinski definition) is 0. The molecular weight excluding hydrogens is 592 g/mol. The molecule has 0 aliphatic heterocycles. The summed E-state index contributed by atoms with van der Waals surface area (Å²) in [5.41, 5.74) is 6.62. The molecule has 0 spiro atoms. The van der Waals surface area contributed by atoms with Crippen molar-refractivity contribution in [1.29, 1.82) is 0 Å². The van der Waals surface area contributed by atoms with Gasteiger partial charge in [-0.05, 0) is 109 Å². The van der Waals surface area contributed by atoms with Crippen molar-refractivity contribution in [2.24, 2.45) is 0 Å². The Morgan fingerprint density at radius 2 is 0.828 bits per heavy atom. The van der Waals surface area contributed by atoms with Crippen LogP contribution in [0.3, 0.4) is 0 Å². The Hall–Kier alpha value is -1.80. The maximum Gasteiger partial charge on any atom is 0.136 e. The van der Waals surface area contributed by atoms with Gasteiger partial charge in [0.2, 0.25) is 0 Å². The molecule has 0 aliphatic rings. The SMILES string of the molecule is Fc1ccc(-c2ccc(Cc3ccc(-c4ccc(F)c(I)c4)cc3)cc2)cc1I. The van der Waals surface area contributed by atoms with E-state index in [1.54, 1.807) is 0 Å². The van der Waals surface area contributed by atoms with E-state index in [0.29, 0.717) is 7.14 Å². The zero-order chi connectivity index (χ0) is 20.4. The van der Waals surface area contributed by atoms with Crippen LogP contribution in [-0.4, -0.2) is 0 Å². The fourth-order valence-electron chi connectivity index (χ4n) is 3.22. The fraction of sp³-hybridized carbons (Fsp3) is 0.0400. The van der Waals surface area contributed by atoms with Crippen molar-refractivity contribution in [3.8, 4) is 22.3 Å². The van der Waals surface area contributed by atoms with Crippen LogP contribution >= 0.6 is 45.2 Å². The van der Waals surface area contributed by atoms with Gasteiger partial charge in [-0.1, -0.05) is 60.7 Å². The Morgan fingerprint density at radius 3 is 1.17 bits per heavy atom. The number of rotatable bonds is 4. The van der Waals surface area contributed by atoms with E-state index in [0.717, 1.165) is 28.7 Å². The molecule has 0 N–H and O–H groups in total. The minimum atomic E-state index is -0.190. The molecule has 0 heterocycles. The summed E-state index contributed by atoms with van der Waals surface area (Å²) >= 11 is 4.03. The minimum Gasteiger partial charge on any atom is -0.206 e. The van der Waals surface area contributed by atoms with Crippen LogP contribution in [-0.2, 0) is 6.42 Å². The van der Waals surface area contributed by atoms with Gasteiger partial charge in [0.05, 0.1) is 0 Å². The van der Waals surface area contributed by atoms with Gasteiger partial charge in [0.25, 0.3) is 0 Å². The first-order chi connectivity index (χ1) is 14.0. The summed E-state index contributed by atoms with van der Waals surface area (Å²) in [6, 6.07) is 27.1. The van der Waals surface area contributed by atoms with Gasteiger partial charge in [-0.15, -0.1) is 0 Å². The summed E-state index contributed by atoms with van der Waals surface area (Å²) in [5, 5.41) is 0. The van der Waals surface area contributed by atoms with E-state index >= 15 is 0 Å². The van der Waals surface area contributed by atoms with E-state index in [2.05, 4.69) is 48.5 Å². The highest BCUT2D eigenvalue weighted by atomic mass is 127. The topological polar surface area (TPSA) is 0 Å². The predicted octanol–water partition coefficient (Wildman–Crippen LogP) is 8.10. The smallest absolute Gasteiger partial charge is 0.136 e. The molecule has 0 fully saturated rings. The van der Waals surface area contributed by atoms with Crippen molar-refractivity contribution < 1.29 is 8.78 Å². The lowest BCUT2D eigenvalue weighted by Crippen LogP contribution is -1.90. The standard InChI is InChI=1S/C25H16F2I2/c26-22-11-9-20(14-24(22)28)18-5-1-16(2-6-18)13-17-3-7-19(8-4-17)21-10-12-23(27)25(29)15-21/h1-12,14-15H,13H2. The van der Waals surface area contributed by atoms with Crippen LogP contribution in [0, 0.1) is 18.8 Å². The molecule has 0 radical (unpaired) electrons. The lowest BCUT2D eigenvalue weighted by Gasteiger charge is -2.08. The molecule has 4 heteroatoms. The predicted molar refractivity (Wildman–Crippen MR) is 132 cm³/mol. The summed E-state index contributed by atoms with van der Waals surface area (Å²) in [4.78, 5) is 0. The molecule has 0 bridgehead atoms. The molecule has 0 amide bonds. The third-order valence-corrected chi connectivity index (χ3v) is 6.48. The molecule has 0 atom stereocenters. The zero-order valence-corrected chi connectivity index (χ0v) is 19.6. The zero-order valence-electron chi connectivity index (χ0n) is 15.3. The first-order valence-electron chi connectivity index (χ1n) is 9.08. The first kappa shape index (κ1) is 20.5. The molecule has 144 valence electrons. The molecule has 4 aromatic rings.